The van der Waals surface area contributed by atoms with E-state index in [0.717, 1.165) is 0 Å². The van der Waals surface area contributed by atoms with Gasteiger partial charge in [-0.3, -0.25) is 0 Å². The molecule has 10 heteroatoms. The quantitative estimate of drug-likeness (QED) is 0.934. The fraction of sp³-hybridized carbons (Fsp3) is 0.111. The maximum absolute atomic E-state index is 12.3. The van der Waals surface area contributed by atoms with Gasteiger partial charge in [-0.25, -0.2) is 9.78 Å². The average molecular weight is 291 g/mol. The van der Waals surface area contributed by atoms with Crippen LogP contribution in [-0.2, 0) is 6.18 Å². The summed E-state index contributed by atoms with van der Waals surface area (Å²) in [6, 6.07) is 2.64. The number of ether oxygens (including phenoxy) is 1. The van der Waals surface area contributed by atoms with Crippen LogP contribution in [0.5, 0.6) is 10.9 Å². The Kier molecular flexibility index (Phi) is 3.34. The van der Waals surface area contributed by atoms with Gasteiger partial charge in [0, 0.05) is 17.7 Å². The van der Waals surface area contributed by atoms with Gasteiger partial charge in [0.15, 0.2) is 11.4 Å². The predicted octanol–water partition coefficient (Wildman–Crippen LogP) is 2.44. The highest BCUT2D eigenvalue weighted by Gasteiger charge is 2.36. The van der Waals surface area contributed by atoms with Crippen LogP contribution in [0.3, 0.4) is 0 Å². The third kappa shape index (κ3) is 2.96. The minimum Gasteiger partial charge on any atom is -0.476 e. The smallest absolute Gasteiger partial charge is 0.452 e. The van der Waals surface area contributed by atoms with Crippen LogP contribution >= 0.6 is 11.5 Å². The Labute approximate surface area is 107 Å². The maximum Gasteiger partial charge on any atom is 0.452 e. The Bertz CT molecular complexity index is 614. The number of carboxylic acids is 1. The number of rotatable bonds is 3. The minimum absolute atomic E-state index is 0.208. The molecule has 0 spiro atoms. The first-order chi connectivity index (χ1) is 8.88. The summed E-state index contributed by atoms with van der Waals surface area (Å²) in [5, 5.41) is 8.41. The monoisotopic (exact) mass is 291 g/mol. The van der Waals surface area contributed by atoms with Crippen molar-refractivity contribution < 1.29 is 27.8 Å². The van der Waals surface area contributed by atoms with Crippen molar-refractivity contribution in [1.82, 2.24) is 14.3 Å². The number of hydrogen-bond donors (Lipinski definition) is 1. The van der Waals surface area contributed by atoms with Crippen LogP contribution in [0, 0.1) is 0 Å². The number of carboxylic acid groups (broad SMARTS) is 1. The van der Waals surface area contributed by atoms with E-state index in [4.69, 9.17) is 9.84 Å². The maximum atomic E-state index is 12.3. The molecule has 19 heavy (non-hydrogen) atoms. The van der Waals surface area contributed by atoms with E-state index in [2.05, 4.69) is 14.3 Å². The second kappa shape index (κ2) is 4.80. The summed E-state index contributed by atoms with van der Waals surface area (Å²) in [6.45, 7) is 0. The Balaban J connectivity index is 2.27. The Hall–Kier alpha value is -2.23. The highest BCUT2D eigenvalue weighted by atomic mass is 32.1. The van der Waals surface area contributed by atoms with E-state index in [0.29, 0.717) is 11.5 Å². The lowest BCUT2D eigenvalue weighted by Crippen LogP contribution is -2.07. The molecular formula is C9H4F3N3O3S. The molecule has 2 heterocycles. The summed E-state index contributed by atoms with van der Waals surface area (Å²) < 4.78 is 44.8. The third-order valence-electron chi connectivity index (χ3n) is 1.83. The lowest BCUT2D eigenvalue weighted by Gasteiger charge is -2.03. The molecule has 0 radical (unpaired) electrons. The largest absolute Gasteiger partial charge is 0.476 e. The van der Waals surface area contributed by atoms with Crippen molar-refractivity contribution >= 4 is 17.5 Å². The van der Waals surface area contributed by atoms with Crippen molar-refractivity contribution in [2.45, 2.75) is 6.18 Å². The molecule has 2 rings (SSSR count). The van der Waals surface area contributed by atoms with Crippen LogP contribution in [0.2, 0.25) is 0 Å². The summed E-state index contributed by atoms with van der Waals surface area (Å²) in [7, 11) is 0. The number of aromatic nitrogens is 3. The van der Waals surface area contributed by atoms with E-state index in [1.54, 1.807) is 0 Å². The molecule has 1 N–H and O–H groups in total. The van der Waals surface area contributed by atoms with Gasteiger partial charge in [0.1, 0.15) is 0 Å². The molecule has 0 saturated carbocycles. The van der Waals surface area contributed by atoms with Crippen LogP contribution in [0.1, 0.15) is 16.3 Å². The van der Waals surface area contributed by atoms with Crippen LogP contribution in [-0.4, -0.2) is 25.4 Å². The molecule has 0 bridgehead atoms. The van der Waals surface area contributed by atoms with Gasteiger partial charge in [-0.2, -0.15) is 22.5 Å². The van der Waals surface area contributed by atoms with Gasteiger partial charge < -0.3 is 9.84 Å². The molecule has 0 atom stereocenters. The predicted molar refractivity (Wildman–Crippen MR) is 56.2 cm³/mol. The third-order valence-corrected chi connectivity index (χ3v) is 2.43. The van der Waals surface area contributed by atoms with Crippen molar-refractivity contribution in [3.8, 4) is 10.9 Å². The van der Waals surface area contributed by atoms with Crippen molar-refractivity contribution in [2.24, 2.45) is 0 Å². The molecule has 0 aliphatic heterocycles. The van der Waals surface area contributed by atoms with E-state index in [9.17, 15) is 18.0 Å². The topological polar surface area (TPSA) is 85.2 Å². The molecule has 0 amide bonds. The SMILES string of the molecule is O=C(O)c1ncccc1Oc1nc(C(F)(F)F)ns1. The average Bonchev–Trinajstić information content (AvgIpc) is 2.77. The fourth-order valence-electron chi connectivity index (χ4n) is 1.09. The molecular weight excluding hydrogens is 287 g/mol. The Morgan fingerprint density at radius 2 is 2.16 bits per heavy atom. The van der Waals surface area contributed by atoms with Crippen molar-refractivity contribution in [1.29, 1.82) is 0 Å². The summed E-state index contributed by atoms with van der Waals surface area (Å²) >= 11 is 0.368. The van der Waals surface area contributed by atoms with Gasteiger partial charge in [-0.15, -0.1) is 0 Å². The molecule has 100 valence electrons. The van der Waals surface area contributed by atoms with E-state index in [1.807, 2.05) is 0 Å². The van der Waals surface area contributed by atoms with Gasteiger partial charge in [0.05, 0.1) is 0 Å². The van der Waals surface area contributed by atoms with Gasteiger partial charge in [-0.05, 0) is 12.1 Å². The van der Waals surface area contributed by atoms with E-state index in [1.165, 1.54) is 18.3 Å². The summed E-state index contributed by atoms with van der Waals surface area (Å²) in [6.07, 6.45) is -3.46. The van der Waals surface area contributed by atoms with E-state index >= 15 is 0 Å². The van der Waals surface area contributed by atoms with Crippen molar-refractivity contribution in [2.75, 3.05) is 0 Å². The standard InChI is InChI=1S/C9H4F3N3O3S/c10-9(11,12)7-14-8(19-15-7)18-4-2-1-3-13-5(4)6(16)17/h1-3H,(H,16,17). The molecule has 0 fully saturated rings. The molecule has 2 aromatic heterocycles. The second-order valence-corrected chi connectivity index (χ2v) is 3.85. The second-order valence-electron chi connectivity index (χ2n) is 3.14. The number of aromatic carboxylic acids is 1. The zero-order chi connectivity index (χ0) is 14.0. The molecule has 6 nitrogen and oxygen atoms in total. The number of carbonyl (C=O) groups is 1. The number of alkyl halides is 3. The minimum atomic E-state index is -4.68. The highest BCUT2D eigenvalue weighted by molar-refractivity contribution is 7.07. The molecule has 2 aromatic rings. The lowest BCUT2D eigenvalue weighted by atomic mass is 10.3. The lowest BCUT2D eigenvalue weighted by molar-refractivity contribution is -0.144. The molecule has 0 aromatic carbocycles. The van der Waals surface area contributed by atoms with Crippen molar-refractivity contribution in [3.63, 3.8) is 0 Å². The molecule has 0 unspecified atom stereocenters. The van der Waals surface area contributed by atoms with E-state index in [-0.39, 0.29) is 5.75 Å². The normalized spacial score (nSPS) is 11.3. The number of nitrogens with zero attached hydrogens (tertiary/aromatic N) is 3. The van der Waals surface area contributed by atoms with E-state index < -0.39 is 28.9 Å². The van der Waals surface area contributed by atoms with Gasteiger partial charge in [-0.1, -0.05) is 0 Å². The fourth-order valence-corrected chi connectivity index (χ4v) is 1.66. The summed E-state index contributed by atoms with van der Waals surface area (Å²) in [5.74, 6) is -2.91. The molecule has 0 saturated heterocycles. The number of hydrogen-bond acceptors (Lipinski definition) is 6. The number of halogens is 3. The van der Waals surface area contributed by atoms with Gasteiger partial charge in [0.2, 0.25) is 0 Å². The van der Waals surface area contributed by atoms with Gasteiger partial charge in [0.25, 0.3) is 11.0 Å². The highest BCUT2D eigenvalue weighted by Crippen LogP contribution is 2.32. The first kappa shape index (κ1) is 13.2. The Morgan fingerprint density at radius 3 is 2.74 bits per heavy atom. The summed E-state index contributed by atoms with van der Waals surface area (Å²) in [5.41, 5.74) is -0.425. The first-order valence-electron chi connectivity index (χ1n) is 4.65. The number of pyridine rings is 1. The van der Waals surface area contributed by atoms with Crippen molar-refractivity contribution in [3.05, 3.63) is 29.8 Å². The zero-order valence-corrected chi connectivity index (χ0v) is 9.70. The van der Waals surface area contributed by atoms with Crippen LogP contribution in [0.25, 0.3) is 0 Å². The van der Waals surface area contributed by atoms with Crippen LogP contribution in [0.4, 0.5) is 13.2 Å². The zero-order valence-electron chi connectivity index (χ0n) is 8.88. The van der Waals surface area contributed by atoms with Gasteiger partial charge >= 0.3 is 12.1 Å². The van der Waals surface area contributed by atoms with Crippen LogP contribution < -0.4 is 4.74 Å². The Morgan fingerprint density at radius 1 is 1.42 bits per heavy atom. The molecule has 0 aliphatic rings. The molecule has 0 aliphatic carbocycles. The first-order valence-corrected chi connectivity index (χ1v) is 5.42. The summed E-state index contributed by atoms with van der Waals surface area (Å²) in [4.78, 5) is 17.5. The van der Waals surface area contributed by atoms with Crippen LogP contribution in [0.15, 0.2) is 18.3 Å².